The molecule has 18 heavy (non-hydrogen) atoms. The van der Waals surface area contributed by atoms with Gasteiger partial charge in [0, 0.05) is 6.04 Å². The minimum atomic E-state index is -1.06. The van der Waals surface area contributed by atoms with Gasteiger partial charge in [-0.25, -0.2) is 0 Å². The molecule has 0 aliphatic heterocycles. The molecule has 0 aliphatic carbocycles. The Labute approximate surface area is 112 Å². The molecule has 1 N–H and O–H groups in total. The Balaban J connectivity index is 2.91. The maximum atomic E-state index is 12.6. The van der Waals surface area contributed by atoms with Crippen molar-refractivity contribution in [2.75, 3.05) is 13.7 Å². The lowest BCUT2D eigenvalue weighted by Gasteiger charge is -2.23. The van der Waals surface area contributed by atoms with E-state index >= 15 is 0 Å². The van der Waals surface area contributed by atoms with E-state index in [2.05, 4.69) is 19.2 Å². The van der Waals surface area contributed by atoms with E-state index < -0.39 is 10.8 Å². The van der Waals surface area contributed by atoms with Crippen LogP contribution in [0.25, 0.3) is 0 Å². The van der Waals surface area contributed by atoms with Crippen molar-refractivity contribution in [1.82, 2.24) is 5.32 Å². The summed E-state index contributed by atoms with van der Waals surface area (Å²) in [6.45, 7) is 7.11. The summed E-state index contributed by atoms with van der Waals surface area (Å²) < 4.78 is 17.9. The van der Waals surface area contributed by atoms with Crippen molar-refractivity contribution in [2.45, 2.75) is 43.4 Å². The van der Waals surface area contributed by atoms with Gasteiger partial charge in [0.05, 0.1) is 28.1 Å². The molecule has 3 atom stereocenters. The third kappa shape index (κ3) is 3.56. The zero-order valence-electron chi connectivity index (χ0n) is 11.6. The minimum Gasteiger partial charge on any atom is -0.495 e. The molecule has 0 spiro atoms. The molecule has 4 heteroatoms. The van der Waals surface area contributed by atoms with Crippen LogP contribution in [0.1, 0.15) is 27.2 Å². The molecule has 3 unspecified atom stereocenters. The third-order valence-corrected chi connectivity index (χ3v) is 4.87. The molecule has 0 saturated carbocycles. The van der Waals surface area contributed by atoms with Crippen molar-refractivity contribution in [1.29, 1.82) is 0 Å². The Morgan fingerprint density at radius 1 is 1.33 bits per heavy atom. The molecular weight excluding hydrogens is 246 g/mol. The Bertz CT molecular complexity index is 395. The highest BCUT2D eigenvalue weighted by Gasteiger charge is 2.23. The Morgan fingerprint density at radius 2 is 2.00 bits per heavy atom. The first-order valence-electron chi connectivity index (χ1n) is 6.42. The zero-order valence-corrected chi connectivity index (χ0v) is 12.4. The molecular formula is C14H23NO2S. The second-order valence-electron chi connectivity index (χ2n) is 4.23. The third-order valence-electron chi connectivity index (χ3n) is 3.10. The van der Waals surface area contributed by atoms with Gasteiger partial charge in [-0.3, -0.25) is 4.21 Å². The van der Waals surface area contributed by atoms with Crippen molar-refractivity contribution >= 4 is 10.8 Å². The molecule has 0 radical (unpaired) electrons. The van der Waals surface area contributed by atoms with Crippen LogP contribution in [-0.4, -0.2) is 29.2 Å². The molecule has 1 rings (SSSR count). The number of hydrogen-bond acceptors (Lipinski definition) is 3. The molecule has 1 aromatic rings. The van der Waals surface area contributed by atoms with Crippen LogP contribution >= 0.6 is 0 Å². The summed E-state index contributed by atoms with van der Waals surface area (Å²) in [5.74, 6) is 0.703. The quantitative estimate of drug-likeness (QED) is 0.827. The van der Waals surface area contributed by atoms with Gasteiger partial charge in [0.2, 0.25) is 0 Å². The highest BCUT2D eigenvalue weighted by atomic mass is 32.2. The number of rotatable bonds is 7. The first-order chi connectivity index (χ1) is 8.65. The van der Waals surface area contributed by atoms with Crippen molar-refractivity contribution < 1.29 is 8.95 Å². The van der Waals surface area contributed by atoms with E-state index in [0.717, 1.165) is 17.9 Å². The van der Waals surface area contributed by atoms with Crippen LogP contribution in [0.3, 0.4) is 0 Å². The van der Waals surface area contributed by atoms with Crippen LogP contribution < -0.4 is 10.1 Å². The van der Waals surface area contributed by atoms with E-state index in [1.54, 1.807) is 7.11 Å². The lowest BCUT2D eigenvalue weighted by molar-refractivity contribution is 0.403. The van der Waals surface area contributed by atoms with Gasteiger partial charge in [-0.1, -0.05) is 26.0 Å². The summed E-state index contributed by atoms with van der Waals surface area (Å²) in [5.41, 5.74) is 0. The predicted molar refractivity (Wildman–Crippen MR) is 76.6 cm³/mol. The van der Waals surface area contributed by atoms with Crippen molar-refractivity contribution in [2.24, 2.45) is 0 Å². The molecule has 0 heterocycles. The van der Waals surface area contributed by atoms with Gasteiger partial charge >= 0.3 is 0 Å². The highest BCUT2D eigenvalue weighted by Crippen LogP contribution is 2.25. The summed E-state index contributed by atoms with van der Waals surface area (Å²) in [4.78, 5) is 0.781. The standard InChI is InChI=1S/C14H23NO2S/c1-5-12(15-6-2)11(3)18(16)14-10-8-7-9-13(14)17-4/h7-12,15H,5-6H2,1-4H3. The Kier molecular flexibility index (Phi) is 6.36. The fourth-order valence-corrected chi connectivity index (χ4v) is 3.59. The Morgan fingerprint density at radius 3 is 2.56 bits per heavy atom. The van der Waals surface area contributed by atoms with Gasteiger partial charge < -0.3 is 10.1 Å². The second kappa shape index (κ2) is 7.54. The van der Waals surface area contributed by atoms with E-state index in [-0.39, 0.29) is 11.3 Å². The fraction of sp³-hybridized carbons (Fsp3) is 0.571. The van der Waals surface area contributed by atoms with Crippen LogP contribution in [0.4, 0.5) is 0 Å². The maximum Gasteiger partial charge on any atom is 0.134 e. The molecule has 0 fully saturated rings. The van der Waals surface area contributed by atoms with Gasteiger partial charge in [-0.15, -0.1) is 0 Å². The maximum absolute atomic E-state index is 12.6. The normalized spacial score (nSPS) is 16.0. The number of para-hydroxylation sites is 1. The average molecular weight is 269 g/mol. The zero-order chi connectivity index (χ0) is 13.5. The number of benzene rings is 1. The largest absolute Gasteiger partial charge is 0.495 e. The molecule has 1 aromatic carbocycles. The van der Waals surface area contributed by atoms with Gasteiger partial charge in [-0.2, -0.15) is 0 Å². The first kappa shape index (κ1) is 15.2. The van der Waals surface area contributed by atoms with Gasteiger partial charge in [0.25, 0.3) is 0 Å². The number of nitrogens with one attached hydrogen (secondary N) is 1. The first-order valence-corrected chi connectivity index (χ1v) is 7.63. The molecule has 0 amide bonds. The molecule has 0 bridgehead atoms. The number of methoxy groups -OCH3 is 1. The van der Waals surface area contributed by atoms with E-state index in [9.17, 15) is 4.21 Å². The lowest BCUT2D eigenvalue weighted by Crippen LogP contribution is -2.40. The van der Waals surface area contributed by atoms with Crippen LogP contribution in [0.15, 0.2) is 29.2 Å². The fourth-order valence-electron chi connectivity index (χ4n) is 2.04. The number of ether oxygens (including phenoxy) is 1. The van der Waals surface area contributed by atoms with Gasteiger partial charge in [-0.05, 0) is 32.0 Å². The summed E-state index contributed by atoms with van der Waals surface area (Å²) in [6.07, 6.45) is 0.968. The molecule has 0 aromatic heterocycles. The highest BCUT2D eigenvalue weighted by molar-refractivity contribution is 7.85. The summed E-state index contributed by atoms with van der Waals surface area (Å²) in [6, 6.07) is 7.79. The van der Waals surface area contributed by atoms with E-state index in [4.69, 9.17) is 4.74 Å². The second-order valence-corrected chi connectivity index (χ2v) is 6.00. The van der Waals surface area contributed by atoms with E-state index in [0.29, 0.717) is 5.75 Å². The van der Waals surface area contributed by atoms with E-state index in [1.807, 2.05) is 31.2 Å². The van der Waals surface area contributed by atoms with Crippen molar-refractivity contribution in [3.8, 4) is 5.75 Å². The summed E-state index contributed by atoms with van der Waals surface area (Å²) >= 11 is 0. The van der Waals surface area contributed by atoms with Crippen LogP contribution in [0.2, 0.25) is 0 Å². The monoisotopic (exact) mass is 269 g/mol. The molecule has 0 aliphatic rings. The Hall–Kier alpha value is -0.870. The molecule has 0 saturated heterocycles. The predicted octanol–water partition coefficient (Wildman–Crippen LogP) is 2.58. The molecule has 3 nitrogen and oxygen atoms in total. The van der Waals surface area contributed by atoms with Gasteiger partial charge in [0.1, 0.15) is 5.75 Å². The van der Waals surface area contributed by atoms with Crippen molar-refractivity contribution in [3.05, 3.63) is 24.3 Å². The van der Waals surface area contributed by atoms with Gasteiger partial charge in [0.15, 0.2) is 0 Å². The topological polar surface area (TPSA) is 38.3 Å². The van der Waals surface area contributed by atoms with Crippen molar-refractivity contribution in [3.63, 3.8) is 0 Å². The van der Waals surface area contributed by atoms with Crippen LogP contribution in [-0.2, 0) is 10.8 Å². The smallest absolute Gasteiger partial charge is 0.134 e. The summed E-state index contributed by atoms with van der Waals surface area (Å²) in [5, 5.41) is 3.45. The van der Waals surface area contributed by atoms with E-state index in [1.165, 1.54) is 0 Å². The minimum absolute atomic E-state index is 0.0613. The van der Waals surface area contributed by atoms with Crippen LogP contribution in [0.5, 0.6) is 5.75 Å². The number of hydrogen-bond donors (Lipinski definition) is 1. The summed E-state index contributed by atoms with van der Waals surface area (Å²) in [7, 11) is 0.555. The average Bonchev–Trinajstić information content (AvgIpc) is 2.43. The molecule has 102 valence electrons. The lowest BCUT2D eigenvalue weighted by atomic mass is 10.2. The SMILES string of the molecule is CCNC(CC)C(C)S(=O)c1ccccc1OC. The van der Waals surface area contributed by atoms with Crippen LogP contribution in [0, 0.1) is 0 Å².